The molecule has 0 N–H and O–H groups in total. The van der Waals surface area contributed by atoms with Crippen molar-refractivity contribution in [1.82, 2.24) is 0 Å². The molecule has 2 saturated heterocycles. The van der Waals surface area contributed by atoms with Crippen LogP contribution < -0.4 is 0 Å². The summed E-state index contributed by atoms with van der Waals surface area (Å²) in [5.74, 6) is 2.51. The molecule has 3 unspecified atom stereocenters. The number of hydrogen-bond donors (Lipinski definition) is 0. The second-order valence-electron chi connectivity index (χ2n) is 5.63. The van der Waals surface area contributed by atoms with Gasteiger partial charge in [-0.3, -0.25) is 0 Å². The molecule has 0 amide bonds. The summed E-state index contributed by atoms with van der Waals surface area (Å²) < 4.78 is 11.3. The van der Waals surface area contributed by atoms with Crippen molar-refractivity contribution >= 4 is 0 Å². The first-order valence-electron chi connectivity index (χ1n) is 6.99. The minimum Gasteiger partial charge on any atom is -0.381 e. The van der Waals surface area contributed by atoms with Crippen LogP contribution in [0.25, 0.3) is 0 Å². The molecule has 2 aliphatic heterocycles. The van der Waals surface area contributed by atoms with Crippen LogP contribution in [0.5, 0.6) is 0 Å². The van der Waals surface area contributed by atoms with E-state index >= 15 is 0 Å². The molecule has 2 heteroatoms. The first-order chi connectivity index (χ1) is 7.79. The molecule has 16 heavy (non-hydrogen) atoms. The lowest BCUT2D eigenvalue weighted by Gasteiger charge is -2.29. The van der Waals surface area contributed by atoms with Crippen LogP contribution in [0.1, 0.15) is 46.0 Å². The molecule has 0 spiro atoms. The molecule has 0 radical (unpaired) electrons. The van der Waals surface area contributed by atoms with E-state index < -0.39 is 0 Å². The van der Waals surface area contributed by atoms with Crippen molar-refractivity contribution in [1.29, 1.82) is 0 Å². The SMILES string of the molecule is CCC1COC(CC(C)C2CCOCC2)C1. The van der Waals surface area contributed by atoms with Gasteiger partial charge in [0.25, 0.3) is 0 Å². The predicted molar refractivity (Wildman–Crippen MR) is 65.5 cm³/mol. The molecule has 0 aromatic rings. The van der Waals surface area contributed by atoms with Crippen LogP contribution in [0.3, 0.4) is 0 Å². The topological polar surface area (TPSA) is 18.5 Å². The first-order valence-corrected chi connectivity index (χ1v) is 6.99. The van der Waals surface area contributed by atoms with Gasteiger partial charge in [0.2, 0.25) is 0 Å². The van der Waals surface area contributed by atoms with E-state index in [2.05, 4.69) is 13.8 Å². The second kappa shape index (κ2) is 6.02. The average Bonchev–Trinajstić information content (AvgIpc) is 2.78. The van der Waals surface area contributed by atoms with Crippen LogP contribution in [-0.4, -0.2) is 25.9 Å². The fraction of sp³-hybridized carbons (Fsp3) is 1.00. The summed E-state index contributed by atoms with van der Waals surface area (Å²) in [5, 5.41) is 0. The molecule has 0 saturated carbocycles. The maximum atomic E-state index is 5.89. The first kappa shape index (κ1) is 12.4. The largest absolute Gasteiger partial charge is 0.381 e. The van der Waals surface area contributed by atoms with Gasteiger partial charge in [-0.15, -0.1) is 0 Å². The molecule has 0 aliphatic carbocycles. The minimum absolute atomic E-state index is 0.544. The van der Waals surface area contributed by atoms with Gasteiger partial charge in [-0.05, 0) is 43.4 Å². The number of hydrogen-bond acceptors (Lipinski definition) is 2. The van der Waals surface area contributed by atoms with Crippen LogP contribution in [0.2, 0.25) is 0 Å². The Bertz CT molecular complexity index is 199. The van der Waals surface area contributed by atoms with Gasteiger partial charge in [-0.25, -0.2) is 0 Å². The third-order valence-corrected chi connectivity index (χ3v) is 4.45. The van der Waals surface area contributed by atoms with E-state index in [-0.39, 0.29) is 0 Å². The molecule has 94 valence electrons. The van der Waals surface area contributed by atoms with Crippen molar-refractivity contribution in [3.05, 3.63) is 0 Å². The standard InChI is InChI=1S/C14H26O2/c1-3-12-9-14(16-10-12)8-11(2)13-4-6-15-7-5-13/h11-14H,3-10H2,1-2H3. The Morgan fingerprint density at radius 1 is 1.25 bits per heavy atom. The summed E-state index contributed by atoms with van der Waals surface area (Å²) in [5.41, 5.74) is 0. The molecule has 0 bridgehead atoms. The highest BCUT2D eigenvalue weighted by molar-refractivity contribution is 4.78. The van der Waals surface area contributed by atoms with Crippen LogP contribution in [0.4, 0.5) is 0 Å². The lowest BCUT2D eigenvalue weighted by atomic mass is 9.83. The van der Waals surface area contributed by atoms with Crippen molar-refractivity contribution in [3.63, 3.8) is 0 Å². The third-order valence-electron chi connectivity index (χ3n) is 4.45. The molecular weight excluding hydrogens is 200 g/mol. The van der Waals surface area contributed by atoms with Gasteiger partial charge < -0.3 is 9.47 Å². The monoisotopic (exact) mass is 226 g/mol. The van der Waals surface area contributed by atoms with Gasteiger partial charge in [0.1, 0.15) is 0 Å². The maximum absolute atomic E-state index is 5.89. The van der Waals surface area contributed by atoms with Crippen molar-refractivity contribution in [2.45, 2.75) is 52.1 Å². The van der Waals surface area contributed by atoms with E-state index in [4.69, 9.17) is 9.47 Å². The van der Waals surface area contributed by atoms with Crippen LogP contribution in [0, 0.1) is 17.8 Å². The fourth-order valence-corrected chi connectivity index (χ4v) is 3.12. The molecule has 2 rings (SSSR count). The molecule has 2 fully saturated rings. The van der Waals surface area contributed by atoms with Crippen LogP contribution in [0.15, 0.2) is 0 Å². The maximum Gasteiger partial charge on any atom is 0.0581 e. The normalized spacial score (nSPS) is 34.1. The van der Waals surface area contributed by atoms with Crippen LogP contribution >= 0.6 is 0 Å². The molecule has 0 aromatic heterocycles. The van der Waals surface area contributed by atoms with Gasteiger partial charge in [-0.2, -0.15) is 0 Å². The average molecular weight is 226 g/mol. The van der Waals surface area contributed by atoms with E-state index in [9.17, 15) is 0 Å². The Balaban J connectivity index is 1.72. The Hall–Kier alpha value is -0.0800. The zero-order chi connectivity index (χ0) is 11.4. The summed E-state index contributed by atoms with van der Waals surface area (Å²) >= 11 is 0. The zero-order valence-electron chi connectivity index (χ0n) is 10.8. The Morgan fingerprint density at radius 3 is 2.62 bits per heavy atom. The van der Waals surface area contributed by atoms with E-state index in [0.29, 0.717) is 6.10 Å². The van der Waals surface area contributed by atoms with Gasteiger partial charge >= 0.3 is 0 Å². The summed E-state index contributed by atoms with van der Waals surface area (Å²) in [6, 6.07) is 0. The predicted octanol–water partition coefficient (Wildman–Crippen LogP) is 3.25. The molecule has 2 nitrogen and oxygen atoms in total. The lowest BCUT2D eigenvalue weighted by Crippen LogP contribution is -2.24. The van der Waals surface area contributed by atoms with Crippen molar-refractivity contribution < 1.29 is 9.47 Å². The quantitative estimate of drug-likeness (QED) is 0.732. The van der Waals surface area contributed by atoms with Gasteiger partial charge in [-0.1, -0.05) is 20.3 Å². The van der Waals surface area contributed by atoms with E-state index in [0.717, 1.165) is 37.6 Å². The summed E-state index contributed by atoms with van der Waals surface area (Å²) in [4.78, 5) is 0. The zero-order valence-corrected chi connectivity index (χ0v) is 10.8. The summed E-state index contributed by atoms with van der Waals surface area (Å²) in [6.07, 6.45) is 6.90. The second-order valence-corrected chi connectivity index (χ2v) is 5.63. The third kappa shape index (κ3) is 3.21. The fourth-order valence-electron chi connectivity index (χ4n) is 3.12. The minimum atomic E-state index is 0.544. The number of ether oxygens (including phenoxy) is 2. The molecule has 3 atom stereocenters. The Kier molecular flexibility index (Phi) is 4.66. The highest BCUT2D eigenvalue weighted by Gasteiger charge is 2.28. The van der Waals surface area contributed by atoms with E-state index in [1.807, 2.05) is 0 Å². The van der Waals surface area contributed by atoms with Gasteiger partial charge in [0, 0.05) is 19.8 Å². The van der Waals surface area contributed by atoms with Crippen molar-refractivity contribution in [3.8, 4) is 0 Å². The molecule has 2 heterocycles. The van der Waals surface area contributed by atoms with Crippen LogP contribution in [-0.2, 0) is 9.47 Å². The van der Waals surface area contributed by atoms with E-state index in [1.54, 1.807) is 0 Å². The summed E-state index contributed by atoms with van der Waals surface area (Å²) in [7, 11) is 0. The summed E-state index contributed by atoms with van der Waals surface area (Å²) in [6.45, 7) is 7.62. The Morgan fingerprint density at radius 2 is 2.00 bits per heavy atom. The number of rotatable bonds is 4. The highest BCUT2D eigenvalue weighted by Crippen LogP contribution is 2.32. The lowest BCUT2D eigenvalue weighted by molar-refractivity contribution is 0.0301. The van der Waals surface area contributed by atoms with Crippen molar-refractivity contribution in [2.24, 2.45) is 17.8 Å². The smallest absolute Gasteiger partial charge is 0.0581 e. The van der Waals surface area contributed by atoms with Crippen molar-refractivity contribution in [2.75, 3.05) is 19.8 Å². The highest BCUT2D eigenvalue weighted by atomic mass is 16.5. The van der Waals surface area contributed by atoms with E-state index in [1.165, 1.54) is 32.1 Å². The molecule has 0 aromatic carbocycles. The Labute approximate surface area is 99.7 Å². The van der Waals surface area contributed by atoms with Gasteiger partial charge in [0.15, 0.2) is 0 Å². The van der Waals surface area contributed by atoms with Gasteiger partial charge in [0.05, 0.1) is 6.10 Å². The molecule has 2 aliphatic rings. The molecular formula is C14H26O2.